The smallest absolute Gasteiger partial charge is 0.140 e. The summed E-state index contributed by atoms with van der Waals surface area (Å²) < 4.78 is 24.1. The highest BCUT2D eigenvalue weighted by Crippen LogP contribution is 2.26. The molecule has 1 heterocycles. The van der Waals surface area contributed by atoms with Crippen molar-refractivity contribution in [1.82, 2.24) is 0 Å². The van der Waals surface area contributed by atoms with E-state index in [2.05, 4.69) is 0 Å². The molecule has 2 aromatic rings. The van der Waals surface area contributed by atoms with E-state index in [1.165, 1.54) is 12.1 Å². The summed E-state index contributed by atoms with van der Waals surface area (Å²) >= 11 is 0. The molecule has 0 radical (unpaired) electrons. The van der Waals surface area contributed by atoms with E-state index in [1.807, 2.05) is 0 Å². The quantitative estimate of drug-likeness (QED) is 0.866. The van der Waals surface area contributed by atoms with Crippen molar-refractivity contribution in [3.63, 3.8) is 0 Å². The molecule has 3 nitrogen and oxygen atoms in total. The molecule has 1 atom stereocenters. The summed E-state index contributed by atoms with van der Waals surface area (Å²) in [4.78, 5) is 0. The van der Waals surface area contributed by atoms with Gasteiger partial charge in [0.1, 0.15) is 17.7 Å². The van der Waals surface area contributed by atoms with Crippen molar-refractivity contribution >= 4 is 0 Å². The molecule has 1 aromatic heterocycles. The van der Waals surface area contributed by atoms with Gasteiger partial charge < -0.3 is 14.9 Å². The van der Waals surface area contributed by atoms with Gasteiger partial charge in [-0.2, -0.15) is 0 Å². The first-order chi connectivity index (χ1) is 8.31. The predicted octanol–water partition coefficient (Wildman–Crippen LogP) is 2.48. The summed E-state index contributed by atoms with van der Waals surface area (Å²) in [5.41, 5.74) is 6.12. The van der Waals surface area contributed by atoms with Crippen LogP contribution in [0.1, 0.15) is 17.4 Å². The third-order valence-corrected chi connectivity index (χ3v) is 2.36. The van der Waals surface area contributed by atoms with E-state index in [1.54, 1.807) is 30.5 Å². The summed E-state index contributed by atoms with van der Waals surface area (Å²) in [6.45, 7) is 0.800. The molecule has 2 N–H and O–H groups in total. The van der Waals surface area contributed by atoms with Crippen LogP contribution in [0.3, 0.4) is 0 Å². The number of hydrogen-bond acceptors (Lipinski definition) is 3. The van der Waals surface area contributed by atoms with Crippen LogP contribution < -0.4 is 5.73 Å². The summed E-state index contributed by atoms with van der Waals surface area (Å²) in [5.74, 6) is 0.347. The molecule has 0 aliphatic carbocycles. The Morgan fingerprint density at radius 3 is 2.82 bits per heavy atom. The third-order valence-electron chi connectivity index (χ3n) is 2.36. The minimum absolute atomic E-state index is 0.296. The Bertz CT molecular complexity index is 456. The molecule has 0 aliphatic rings. The van der Waals surface area contributed by atoms with Gasteiger partial charge in [-0.25, -0.2) is 4.39 Å². The van der Waals surface area contributed by atoms with Crippen LogP contribution in [0.4, 0.5) is 4.39 Å². The minimum atomic E-state index is -0.413. The molecule has 0 fully saturated rings. The van der Waals surface area contributed by atoms with Crippen LogP contribution in [-0.4, -0.2) is 13.2 Å². The van der Waals surface area contributed by atoms with Gasteiger partial charge in [0.2, 0.25) is 0 Å². The van der Waals surface area contributed by atoms with E-state index in [-0.39, 0.29) is 5.82 Å². The first kappa shape index (κ1) is 11.8. The van der Waals surface area contributed by atoms with Crippen molar-refractivity contribution in [3.8, 4) is 0 Å². The molecule has 0 bridgehead atoms. The van der Waals surface area contributed by atoms with Crippen LogP contribution in [0, 0.1) is 5.82 Å². The molecule has 2 rings (SSSR count). The maximum absolute atomic E-state index is 13.2. The number of rotatable bonds is 5. The Kier molecular flexibility index (Phi) is 3.90. The van der Waals surface area contributed by atoms with E-state index in [4.69, 9.17) is 14.9 Å². The SMILES string of the molecule is NCCOC(c1cccc(F)c1)c1ccco1. The normalized spacial score (nSPS) is 12.6. The van der Waals surface area contributed by atoms with Gasteiger partial charge in [-0.3, -0.25) is 0 Å². The minimum Gasteiger partial charge on any atom is -0.466 e. The maximum Gasteiger partial charge on any atom is 0.140 e. The maximum atomic E-state index is 13.2. The number of furan rings is 1. The van der Waals surface area contributed by atoms with Crippen molar-refractivity contribution in [2.45, 2.75) is 6.10 Å². The van der Waals surface area contributed by atoms with Gasteiger partial charge in [0.15, 0.2) is 0 Å². The van der Waals surface area contributed by atoms with Gasteiger partial charge >= 0.3 is 0 Å². The number of nitrogens with two attached hydrogens (primary N) is 1. The standard InChI is InChI=1S/C13H14FNO2/c14-11-4-1-3-10(9-11)13(17-8-6-15)12-5-2-7-16-12/h1-5,7,9,13H,6,8,15H2. The highest BCUT2D eigenvalue weighted by molar-refractivity contribution is 5.25. The summed E-state index contributed by atoms with van der Waals surface area (Å²) in [7, 11) is 0. The molecular formula is C13H14FNO2. The second kappa shape index (κ2) is 5.61. The Morgan fingerprint density at radius 2 is 2.18 bits per heavy atom. The Labute approximate surface area is 99.0 Å². The lowest BCUT2D eigenvalue weighted by molar-refractivity contribution is 0.0707. The number of hydrogen-bond donors (Lipinski definition) is 1. The van der Waals surface area contributed by atoms with Gasteiger partial charge in [-0.1, -0.05) is 12.1 Å². The van der Waals surface area contributed by atoms with E-state index < -0.39 is 6.10 Å². The highest BCUT2D eigenvalue weighted by atomic mass is 19.1. The lowest BCUT2D eigenvalue weighted by Gasteiger charge is -2.15. The molecule has 0 saturated carbocycles. The third kappa shape index (κ3) is 2.93. The van der Waals surface area contributed by atoms with E-state index in [0.717, 1.165) is 0 Å². The lowest BCUT2D eigenvalue weighted by atomic mass is 10.1. The zero-order chi connectivity index (χ0) is 12.1. The van der Waals surface area contributed by atoms with Gasteiger partial charge in [0.25, 0.3) is 0 Å². The van der Waals surface area contributed by atoms with Crippen LogP contribution >= 0.6 is 0 Å². The Hall–Kier alpha value is -1.65. The van der Waals surface area contributed by atoms with Gasteiger partial charge in [-0.15, -0.1) is 0 Å². The molecule has 90 valence electrons. The second-order valence-electron chi connectivity index (χ2n) is 3.61. The van der Waals surface area contributed by atoms with Crippen LogP contribution in [0.15, 0.2) is 47.1 Å². The van der Waals surface area contributed by atoms with Crippen molar-refractivity contribution < 1.29 is 13.5 Å². The monoisotopic (exact) mass is 235 g/mol. The first-order valence-corrected chi connectivity index (χ1v) is 5.42. The average molecular weight is 235 g/mol. The average Bonchev–Trinajstić information content (AvgIpc) is 2.83. The predicted molar refractivity (Wildman–Crippen MR) is 62.0 cm³/mol. The lowest BCUT2D eigenvalue weighted by Crippen LogP contribution is -2.13. The molecule has 1 aromatic carbocycles. The summed E-state index contributed by atoms with van der Waals surface area (Å²) in [6, 6.07) is 9.84. The first-order valence-electron chi connectivity index (χ1n) is 5.42. The van der Waals surface area contributed by atoms with Crippen molar-refractivity contribution in [2.24, 2.45) is 5.73 Å². The van der Waals surface area contributed by atoms with Crippen LogP contribution in [-0.2, 0) is 4.74 Å². The van der Waals surface area contributed by atoms with E-state index in [0.29, 0.717) is 24.5 Å². The Balaban J connectivity index is 2.27. The van der Waals surface area contributed by atoms with Gasteiger partial charge in [0, 0.05) is 6.54 Å². The van der Waals surface area contributed by atoms with Crippen LogP contribution in [0.5, 0.6) is 0 Å². The molecule has 0 spiro atoms. The summed E-state index contributed by atoms with van der Waals surface area (Å²) in [5, 5.41) is 0. The zero-order valence-electron chi connectivity index (χ0n) is 9.30. The van der Waals surface area contributed by atoms with E-state index in [9.17, 15) is 4.39 Å². The van der Waals surface area contributed by atoms with Crippen LogP contribution in [0.2, 0.25) is 0 Å². The fraction of sp³-hybridized carbons (Fsp3) is 0.231. The topological polar surface area (TPSA) is 48.4 Å². The fourth-order valence-electron chi connectivity index (χ4n) is 1.64. The van der Waals surface area contributed by atoms with E-state index >= 15 is 0 Å². The van der Waals surface area contributed by atoms with Crippen molar-refractivity contribution in [2.75, 3.05) is 13.2 Å². The number of ether oxygens (including phenoxy) is 1. The Morgan fingerprint density at radius 1 is 1.29 bits per heavy atom. The molecule has 4 heteroatoms. The highest BCUT2D eigenvalue weighted by Gasteiger charge is 2.17. The summed E-state index contributed by atoms with van der Waals surface area (Å²) in [6.07, 6.45) is 1.15. The molecule has 0 aliphatic heterocycles. The fourth-order valence-corrected chi connectivity index (χ4v) is 1.64. The largest absolute Gasteiger partial charge is 0.466 e. The molecular weight excluding hydrogens is 221 g/mol. The van der Waals surface area contributed by atoms with Crippen molar-refractivity contribution in [3.05, 3.63) is 59.8 Å². The second-order valence-corrected chi connectivity index (χ2v) is 3.61. The molecule has 0 amide bonds. The van der Waals surface area contributed by atoms with Gasteiger partial charge in [-0.05, 0) is 29.8 Å². The molecule has 1 unspecified atom stereocenters. The van der Waals surface area contributed by atoms with Gasteiger partial charge in [0.05, 0.1) is 12.9 Å². The van der Waals surface area contributed by atoms with Crippen molar-refractivity contribution in [1.29, 1.82) is 0 Å². The number of halogens is 1. The van der Waals surface area contributed by atoms with Crippen LogP contribution in [0.25, 0.3) is 0 Å². The zero-order valence-corrected chi connectivity index (χ0v) is 9.30. The number of benzene rings is 1. The molecule has 17 heavy (non-hydrogen) atoms. The molecule has 0 saturated heterocycles.